The number of aromatic nitrogens is 1. The summed E-state index contributed by atoms with van der Waals surface area (Å²) in [5.41, 5.74) is 1.52. The van der Waals surface area contributed by atoms with E-state index >= 15 is 0 Å². The standard InChI is InChI=1S/C21H24F2N2O5/c1-5-28-18-11-14(7-10-17(18)30-21(22)23)12-25(4)19(26)16-9-8-15(13(3)24-16)20(27)29-6-2/h7-11,21H,5-6,12H2,1-4H3. The van der Waals surface area contributed by atoms with E-state index in [1.54, 1.807) is 40.0 Å². The van der Waals surface area contributed by atoms with Gasteiger partial charge >= 0.3 is 12.6 Å². The van der Waals surface area contributed by atoms with Crippen molar-refractivity contribution in [3.05, 3.63) is 52.8 Å². The number of rotatable bonds is 9. The highest BCUT2D eigenvalue weighted by molar-refractivity contribution is 5.94. The molecule has 9 heteroatoms. The van der Waals surface area contributed by atoms with E-state index in [-0.39, 0.29) is 42.9 Å². The summed E-state index contributed by atoms with van der Waals surface area (Å²) in [6.45, 7) is 2.79. The number of nitrogens with zero attached hydrogens (tertiary/aromatic N) is 2. The molecule has 2 rings (SSSR count). The molecule has 0 aliphatic heterocycles. The second kappa shape index (κ2) is 10.5. The Labute approximate surface area is 173 Å². The van der Waals surface area contributed by atoms with Gasteiger partial charge in [0.05, 0.1) is 24.5 Å². The van der Waals surface area contributed by atoms with Crippen LogP contribution in [0, 0.1) is 6.92 Å². The van der Waals surface area contributed by atoms with Gasteiger partial charge in [-0.3, -0.25) is 4.79 Å². The van der Waals surface area contributed by atoms with Gasteiger partial charge in [0.2, 0.25) is 0 Å². The number of hydrogen-bond donors (Lipinski definition) is 0. The van der Waals surface area contributed by atoms with Crippen molar-refractivity contribution < 1.29 is 32.6 Å². The highest BCUT2D eigenvalue weighted by atomic mass is 19.3. The zero-order valence-electron chi connectivity index (χ0n) is 17.3. The number of amides is 1. The van der Waals surface area contributed by atoms with Crippen LogP contribution >= 0.6 is 0 Å². The van der Waals surface area contributed by atoms with E-state index in [0.29, 0.717) is 16.8 Å². The third kappa shape index (κ3) is 5.88. The fraction of sp³-hybridized carbons (Fsp3) is 0.381. The number of pyridine rings is 1. The van der Waals surface area contributed by atoms with Gasteiger partial charge in [0, 0.05) is 13.6 Å². The maximum absolute atomic E-state index is 12.7. The number of ether oxygens (including phenoxy) is 3. The van der Waals surface area contributed by atoms with Crippen LogP contribution in [0.5, 0.6) is 11.5 Å². The minimum absolute atomic E-state index is 0.0728. The lowest BCUT2D eigenvalue weighted by Crippen LogP contribution is -2.27. The average Bonchev–Trinajstić information content (AvgIpc) is 2.69. The molecule has 0 atom stereocenters. The van der Waals surface area contributed by atoms with Gasteiger partial charge < -0.3 is 19.1 Å². The van der Waals surface area contributed by atoms with E-state index in [1.807, 2.05) is 0 Å². The molecular formula is C21H24F2N2O5. The van der Waals surface area contributed by atoms with Crippen molar-refractivity contribution in [3.8, 4) is 11.5 Å². The summed E-state index contributed by atoms with van der Waals surface area (Å²) in [5, 5.41) is 0. The summed E-state index contributed by atoms with van der Waals surface area (Å²) in [7, 11) is 1.59. The number of carbonyl (C=O) groups is 2. The van der Waals surface area contributed by atoms with Gasteiger partial charge in [-0.25, -0.2) is 9.78 Å². The second-order valence-corrected chi connectivity index (χ2v) is 6.30. The number of alkyl halides is 2. The van der Waals surface area contributed by atoms with Crippen molar-refractivity contribution in [2.75, 3.05) is 20.3 Å². The summed E-state index contributed by atoms with van der Waals surface area (Å²) < 4.78 is 39.8. The van der Waals surface area contributed by atoms with Gasteiger partial charge in [0.15, 0.2) is 11.5 Å². The SMILES string of the molecule is CCOC(=O)c1ccc(C(=O)N(C)Cc2ccc(OC(F)F)c(OCC)c2)nc1C. The van der Waals surface area contributed by atoms with E-state index in [0.717, 1.165) is 0 Å². The Morgan fingerprint density at radius 3 is 2.43 bits per heavy atom. The first kappa shape index (κ1) is 23.1. The van der Waals surface area contributed by atoms with Crippen LogP contribution in [0.2, 0.25) is 0 Å². The topological polar surface area (TPSA) is 78.0 Å². The van der Waals surface area contributed by atoms with Crippen molar-refractivity contribution in [1.82, 2.24) is 9.88 Å². The van der Waals surface area contributed by atoms with Gasteiger partial charge in [-0.15, -0.1) is 0 Å². The molecule has 0 fully saturated rings. The summed E-state index contributed by atoms with van der Waals surface area (Å²) >= 11 is 0. The molecule has 0 N–H and O–H groups in total. The molecule has 2 aromatic rings. The first-order chi connectivity index (χ1) is 14.3. The molecular weight excluding hydrogens is 398 g/mol. The highest BCUT2D eigenvalue weighted by Gasteiger charge is 2.19. The fourth-order valence-electron chi connectivity index (χ4n) is 2.76. The third-order valence-corrected chi connectivity index (χ3v) is 4.09. The van der Waals surface area contributed by atoms with Crippen LogP contribution < -0.4 is 9.47 Å². The number of esters is 1. The number of benzene rings is 1. The number of halogens is 2. The molecule has 1 aromatic carbocycles. The predicted octanol–water partition coefficient (Wildman–Crippen LogP) is 3.84. The number of aryl methyl sites for hydroxylation is 1. The number of carbonyl (C=O) groups excluding carboxylic acids is 2. The Morgan fingerprint density at radius 2 is 1.83 bits per heavy atom. The molecule has 7 nitrogen and oxygen atoms in total. The van der Waals surface area contributed by atoms with E-state index in [9.17, 15) is 18.4 Å². The van der Waals surface area contributed by atoms with Gasteiger partial charge in [0.25, 0.3) is 5.91 Å². The third-order valence-electron chi connectivity index (χ3n) is 4.09. The summed E-state index contributed by atoms with van der Waals surface area (Å²) in [4.78, 5) is 30.2. The lowest BCUT2D eigenvalue weighted by Gasteiger charge is -2.19. The Kier molecular flexibility index (Phi) is 8.08. The molecule has 0 aliphatic rings. The van der Waals surface area contributed by atoms with Gasteiger partial charge in [-0.05, 0) is 50.6 Å². The maximum atomic E-state index is 12.7. The predicted molar refractivity (Wildman–Crippen MR) is 105 cm³/mol. The van der Waals surface area contributed by atoms with Crippen molar-refractivity contribution in [2.45, 2.75) is 33.9 Å². The normalized spacial score (nSPS) is 10.6. The Balaban J connectivity index is 2.16. The molecule has 30 heavy (non-hydrogen) atoms. The molecule has 162 valence electrons. The van der Waals surface area contributed by atoms with Gasteiger partial charge in [0.1, 0.15) is 5.69 Å². The number of hydrogen-bond acceptors (Lipinski definition) is 6. The smallest absolute Gasteiger partial charge is 0.387 e. The molecule has 1 heterocycles. The largest absolute Gasteiger partial charge is 0.490 e. The molecule has 0 saturated carbocycles. The maximum Gasteiger partial charge on any atom is 0.387 e. The zero-order valence-corrected chi connectivity index (χ0v) is 17.3. The minimum Gasteiger partial charge on any atom is -0.490 e. The summed E-state index contributed by atoms with van der Waals surface area (Å²) in [6, 6.07) is 7.47. The second-order valence-electron chi connectivity index (χ2n) is 6.30. The van der Waals surface area contributed by atoms with Gasteiger partial charge in [-0.2, -0.15) is 8.78 Å². The fourth-order valence-corrected chi connectivity index (χ4v) is 2.76. The summed E-state index contributed by atoms with van der Waals surface area (Å²) in [5.74, 6) is -0.760. The van der Waals surface area contributed by atoms with E-state index < -0.39 is 12.6 Å². The van der Waals surface area contributed by atoms with Crippen molar-refractivity contribution in [3.63, 3.8) is 0 Å². The van der Waals surface area contributed by atoms with Crippen LogP contribution in [0.25, 0.3) is 0 Å². The lowest BCUT2D eigenvalue weighted by atomic mass is 10.1. The van der Waals surface area contributed by atoms with Crippen LogP contribution in [0.3, 0.4) is 0 Å². The highest BCUT2D eigenvalue weighted by Crippen LogP contribution is 2.30. The van der Waals surface area contributed by atoms with E-state index in [1.165, 1.54) is 23.1 Å². The summed E-state index contributed by atoms with van der Waals surface area (Å²) in [6.07, 6.45) is 0. The van der Waals surface area contributed by atoms with Gasteiger partial charge in [-0.1, -0.05) is 6.07 Å². The zero-order chi connectivity index (χ0) is 22.3. The average molecular weight is 422 g/mol. The van der Waals surface area contributed by atoms with Crippen LogP contribution in [0.15, 0.2) is 30.3 Å². The molecule has 1 aromatic heterocycles. The van der Waals surface area contributed by atoms with Crippen LogP contribution in [-0.2, 0) is 11.3 Å². The first-order valence-corrected chi connectivity index (χ1v) is 9.37. The Morgan fingerprint density at radius 1 is 1.10 bits per heavy atom. The van der Waals surface area contributed by atoms with Crippen molar-refractivity contribution >= 4 is 11.9 Å². The molecule has 0 unspecified atom stereocenters. The molecule has 0 spiro atoms. The molecule has 0 aliphatic carbocycles. The van der Waals surface area contributed by atoms with Crippen molar-refractivity contribution in [1.29, 1.82) is 0 Å². The first-order valence-electron chi connectivity index (χ1n) is 9.37. The molecule has 1 amide bonds. The minimum atomic E-state index is -2.97. The Bertz CT molecular complexity index is 905. The lowest BCUT2D eigenvalue weighted by molar-refractivity contribution is -0.0514. The van der Waals surface area contributed by atoms with Crippen LogP contribution in [-0.4, -0.2) is 48.6 Å². The Hall–Kier alpha value is -3.23. The van der Waals surface area contributed by atoms with Crippen LogP contribution in [0.4, 0.5) is 8.78 Å². The molecule has 0 bridgehead atoms. The van der Waals surface area contributed by atoms with Crippen molar-refractivity contribution in [2.24, 2.45) is 0 Å². The van der Waals surface area contributed by atoms with Crippen LogP contribution in [0.1, 0.15) is 46.0 Å². The quantitative estimate of drug-likeness (QED) is 0.572. The van der Waals surface area contributed by atoms with E-state index in [2.05, 4.69) is 9.72 Å². The monoisotopic (exact) mass is 422 g/mol. The molecule has 0 radical (unpaired) electrons. The van der Waals surface area contributed by atoms with E-state index in [4.69, 9.17) is 9.47 Å². The molecule has 0 saturated heterocycles.